The molecule has 1 heterocycles. The average molecular weight is 500 g/mol. The standard InChI is InChI=1S/C24H19ClFN3O4S/c1-14-9-15(2)11-17(10-14)27-23(30)19-12-16-5-3-4-6-22(16)33-24(19)28-29-34(31,32)18-7-8-21(26)20(25)13-18/h3-13,29H,1-2H3,(H,27,30)/b28-24-. The number of carbonyl (C=O) groups is 1. The monoisotopic (exact) mass is 499 g/mol. The molecule has 0 saturated carbocycles. The van der Waals surface area contributed by atoms with Crippen LogP contribution in [0.25, 0.3) is 11.0 Å². The van der Waals surface area contributed by atoms with Crippen LogP contribution in [0.4, 0.5) is 10.1 Å². The van der Waals surface area contributed by atoms with E-state index >= 15 is 0 Å². The van der Waals surface area contributed by atoms with Gasteiger partial charge in [-0.1, -0.05) is 35.9 Å². The molecule has 34 heavy (non-hydrogen) atoms. The van der Waals surface area contributed by atoms with Crippen LogP contribution < -0.4 is 15.7 Å². The molecule has 10 heteroatoms. The summed E-state index contributed by atoms with van der Waals surface area (Å²) in [5, 5.41) is 6.91. The topological polar surface area (TPSA) is 101 Å². The fourth-order valence-electron chi connectivity index (χ4n) is 3.36. The number of hydrogen-bond donors (Lipinski definition) is 2. The quantitative estimate of drug-likeness (QED) is 0.382. The highest BCUT2D eigenvalue weighted by Crippen LogP contribution is 2.20. The van der Waals surface area contributed by atoms with Crippen molar-refractivity contribution >= 4 is 44.2 Å². The van der Waals surface area contributed by atoms with Gasteiger partial charge in [0.1, 0.15) is 17.0 Å². The first-order valence-corrected chi connectivity index (χ1v) is 11.9. The Kier molecular flexibility index (Phi) is 6.41. The summed E-state index contributed by atoms with van der Waals surface area (Å²) in [6.45, 7) is 3.82. The Morgan fingerprint density at radius 1 is 1.00 bits per heavy atom. The third kappa shape index (κ3) is 5.11. The number of amides is 1. The summed E-state index contributed by atoms with van der Waals surface area (Å²) >= 11 is 5.70. The Hall–Kier alpha value is -3.69. The normalized spacial score (nSPS) is 12.1. The number of carbonyl (C=O) groups excluding carboxylic acids is 1. The van der Waals surface area contributed by atoms with E-state index in [-0.39, 0.29) is 21.0 Å². The van der Waals surface area contributed by atoms with Crippen molar-refractivity contribution in [1.29, 1.82) is 0 Å². The number of para-hydroxylation sites is 1. The van der Waals surface area contributed by atoms with Crippen molar-refractivity contribution in [3.8, 4) is 0 Å². The maximum Gasteiger partial charge on any atom is 0.276 e. The van der Waals surface area contributed by atoms with Crippen LogP contribution in [0.5, 0.6) is 0 Å². The minimum absolute atomic E-state index is 0.0118. The Labute approximate surface area is 199 Å². The fraction of sp³-hybridized carbons (Fsp3) is 0.0833. The van der Waals surface area contributed by atoms with Crippen molar-refractivity contribution in [3.05, 3.63) is 99.8 Å². The van der Waals surface area contributed by atoms with Crippen LogP contribution >= 0.6 is 11.6 Å². The Morgan fingerprint density at radius 3 is 2.41 bits per heavy atom. The lowest BCUT2D eigenvalue weighted by Crippen LogP contribution is -2.27. The van der Waals surface area contributed by atoms with Crippen molar-refractivity contribution in [2.75, 3.05) is 5.32 Å². The van der Waals surface area contributed by atoms with Crippen LogP contribution in [-0.4, -0.2) is 14.3 Å². The molecule has 0 saturated heterocycles. The Balaban J connectivity index is 1.76. The molecule has 174 valence electrons. The SMILES string of the molecule is Cc1cc(C)cc(NC(=O)c2cc3ccccc3o/c2=N\NS(=O)(=O)c2ccc(F)c(Cl)c2)c1. The van der Waals surface area contributed by atoms with Crippen LogP contribution in [0.3, 0.4) is 0 Å². The number of halogens is 2. The first-order valence-electron chi connectivity index (χ1n) is 10.1. The lowest BCUT2D eigenvalue weighted by atomic mass is 10.1. The number of benzene rings is 3. The number of anilines is 1. The van der Waals surface area contributed by atoms with Crippen molar-refractivity contribution in [2.24, 2.45) is 5.10 Å². The first-order chi connectivity index (χ1) is 16.1. The van der Waals surface area contributed by atoms with Crippen LogP contribution in [0.15, 0.2) is 81.1 Å². The Morgan fingerprint density at radius 2 is 1.71 bits per heavy atom. The lowest BCUT2D eigenvalue weighted by molar-refractivity contribution is 0.102. The molecule has 1 amide bonds. The predicted molar refractivity (Wildman–Crippen MR) is 127 cm³/mol. The van der Waals surface area contributed by atoms with Gasteiger partial charge in [0, 0.05) is 11.1 Å². The van der Waals surface area contributed by atoms with Crippen molar-refractivity contribution < 1.29 is 22.0 Å². The average Bonchev–Trinajstić information content (AvgIpc) is 2.78. The van der Waals surface area contributed by atoms with E-state index < -0.39 is 21.7 Å². The minimum Gasteiger partial charge on any atom is -0.436 e. The largest absolute Gasteiger partial charge is 0.436 e. The highest BCUT2D eigenvalue weighted by molar-refractivity contribution is 7.89. The molecule has 0 aliphatic heterocycles. The molecule has 0 aliphatic rings. The predicted octanol–water partition coefficient (Wildman–Crippen LogP) is 4.89. The number of hydrogen-bond acceptors (Lipinski definition) is 5. The maximum atomic E-state index is 13.4. The van der Waals surface area contributed by atoms with E-state index in [2.05, 4.69) is 10.4 Å². The molecule has 2 N–H and O–H groups in total. The van der Waals surface area contributed by atoms with Crippen molar-refractivity contribution in [2.45, 2.75) is 18.7 Å². The van der Waals surface area contributed by atoms with Gasteiger partial charge >= 0.3 is 0 Å². The van der Waals surface area contributed by atoms with Crippen LogP contribution in [-0.2, 0) is 10.0 Å². The molecule has 0 radical (unpaired) electrons. The van der Waals surface area contributed by atoms with Gasteiger partial charge in [-0.3, -0.25) is 4.79 Å². The van der Waals surface area contributed by atoms with Gasteiger partial charge in [-0.25, -0.2) is 4.39 Å². The second kappa shape index (κ2) is 9.28. The number of rotatable bonds is 5. The van der Waals surface area contributed by atoms with Gasteiger partial charge in [0.25, 0.3) is 15.9 Å². The van der Waals surface area contributed by atoms with E-state index in [9.17, 15) is 17.6 Å². The molecular formula is C24H19ClFN3O4S. The Bertz CT molecular complexity index is 1580. The summed E-state index contributed by atoms with van der Waals surface area (Å²) in [4.78, 5) is 14.8. The zero-order valence-electron chi connectivity index (χ0n) is 18.1. The number of sulfonamides is 1. The molecular weight excluding hydrogens is 481 g/mol. The van der Waals surface area contributed by atoms with Gasteiger partial charge in [0.15, 0.2) is 0 Å². The van der Waals surface area contributed by atoms with E-state index in [1.165, 1.54) is 0 Å². The lowest BCUT2D eigenvalue weighted by Gasteiger charge is -2.09. The van der Waals surface area contributed by atoms with Crippen LogP contribution in [0.1, 0.15) is 21.5 Å². The summed E-state index contributed by atoms with van der Waals surface area (Å²) in [5.41, 5.74) is 2.66. The zero-order chi connectivity index (χ0) is 24.5. The van der Waals surface area contributed by atoms with E-state index in [0.29, 0.717) is 16.7 Å². The minimum atomic E-state index is -4.22. The summed E-state index contributed by atoms with van der Waals surface area (Å²) in [6, 6.07) is 17.0. The molecule has 7 nitrogen and oxygen atoms in total. The maximum absolute atomic E-state index is 13.4. The third-order valence-electron chi connectivity index (χ3n) is 4.85. The fourth-order valence-corrected chi connectivity index (χ4v) is 4.43. The first kappa shape index (κ1) is 23.5. The molecule has 0 unspecified atom stereocenters. The highest BCUT2D eigenvalue weighted by atomic mass is 35.5. The van der Waals surface area contributed by atoms with Gasteiger partial charge in [0.05, 0.1) is 9.92 Å². The zero-order valence-corrected chi connectivity index (χ0v) is 19.7. The number of fused-ring (bicyclic) bond motifs is 1. The second-order valence-corrected chi connectivity index (χ2v) is 9.68. The molecule has 0 bridgehead atoms. The number of nitrogens with zero attached hydrogens (tertiary/aromatic N) is 1. The van der Waals surface area contributed by atoms with E-state index in [4.69, 9.17) is 16.0 Å². The van der Waals surface area contributed by atoms with E-state index in [0.717, 1.165) is 29.3 Å². The number of aryl methyl sites for hydroxylation is 2. The molecule has 0 atom stereocenters. The van der Waals surface area contributed by atoms with Crippen molar-refractivity contribution in [1.82, 2.24) is 4.83 Å². The van der Waals surface area contributed by atoms with E-state index in [1.54, 1.807) is 42.5 Å². The van der Waals surface area contributed by atoms with Crippen LogP contribution in [0.2, 0.25) is 5.02 Å². The summed E-state index contributed by atoms with van der Waals surface area (Å²) in [7, 11) is -4.22. The van der Waals surface area contributed by atoms with Crippen LogP contribution in [0, 0.1) is 19.7 Å². The number of nitrogens with one attached hydrogen (secondary N) is 2. The molecule has 1 aromatic heterocycles. The summed E-state index contributed by atoms with van der Waals surface area (Å²) in [5.74, 6) is -1.30. The molecule has 0 fully saturated rings. The molecule has 4 aromatic rings. The van der Waals surface area contributed by atoms with Gasteiger partial charge in [-0.15, -0.1) is 5.10 Å². The van der Waals surface area contributed by atoms with Gasteiger partial charge in [-0.05, 0) is 67.4 Å². The van der Waals surface area contributed by atoms with Gasteiger partial charge < -0.3 is 9.73 Å². The second-order valence-electron chi connectivity index (χ2n) is 7.62. The van der Waals surface area contributed by atoms with E-state index in [1.807, 2.05) is 24.7 Å². The highest BCUT2D eigenvalue weighted by Gasteiger charge is 2.17. The molecule has 4 rings (SSSR count). The molecule has 0 spiro atoms. The van der Waals surface area contributed by atoms with Gasteiger partial charge in [0.2, 0.25) is 5.55 Å². The summed E-state index contributed by atoms with van der Waals surface area (Å²) < 4.78 is 44.5. The van der Waals surface area contributed by atoms with Crippen molar-refractivity contribution in [3.63, 3.8) is 0 Å². The third-order valence-corrected chi connectivity index (χ3v) is 6.34. The van der Waals surface area contributed by atoms with Gasteiger partial charge in [-0.2, -0.15) is 13.2 Å². The summed E-state index contributed by atoms with van der Waals surface area (Å²) in [6.07, 6.45) is 0. The smallest absolute Gasteiger partial charge is 0.276 e. The molecule has 3 aromatic carbocycles. The molecule has 0 aliphatic carbocycles.